The zero-order chi connectivity index (χ0) is 13.4. The maximum Gasteiger partial charge on any atom is 0.326 e. The van der Waals surface area contributed by atoms with Crippen LogP contribution in [0.5, 0.6) is 0 Å². The largest absolute Gasteiger partial charge is 0.480 e. The summed E-state index contributed by atoms with van der Waals surface area (Å²) in [7, 11) is 0. The Morgan fingerprint density at radius 2 is 2.26 bits per heavy atom. The van der Waals surface area contributed by atoms with Crippen LogP contribution in [-0.2, 0) is 4.79 Å². The highest BCUT2D eigenvalue weighted by atomic mass is 16.4. The highest BCUT2D eigenvalue weighted by Gasteiger charge is 2.30. The van der Waals surface area contributed by atoms with Gasteiger partial charge in [-0.25, -0.2) is 9.78 Å². The molecule has 0 amide bonds. The van der Waals surface area contributed by atoms with Crippen molar-refractivity contribution in [2.45, 2.75) is 32.2 Å². The van der Waals surface area contributed by atoms with Gasteiger partial charge < -0.3 is 10.0 Å². The topological polar surface area (TPSA) is 70.7 Å². The number of aromatic nitrogens is 3. The smallest absolute Gasteiger partial charge is 0.326 e. The number of carboxylic acids is 1. The van der Waals surface area contributed by atoms with Crippen LogP contribution < -0.4 is 4.90 Å². The molecule has 1 saturated heterocycles. The summed E-state index contributed by atoms with van der Waals surface area (Å²) < 4.78 is 1.72. The minimum Gasteiger partial charge on any atom is -0.480 e. The average molecular weight is 260 g/mol. The molecule has 3 heterocycles. The lowest BCUT2D eigenvalue weighted by Gasteiger charge is -2.34. The van der Waals surface area contributed by atoms with Crippen molar-refractivity contribution < 1.29 is 9.90 Å². The molecule has 2 aromatic rings. The van der Waals surface area contributed by atoms with Gasteiger partial charge in [-0.3, -0.25) is 0 Å². The summed E-state index contributed by atoms with van der Waals surface area (Å²) in [5.74, 6) is 0.0501. The zero-order valence-electron chi connectivity index (χ0n) is 10.8. The second-order valence-corrected chi connectivity index (χ2v) is 4.96. The fourth-order valence-corrected chi connectivity index (χ4v) is 2.70. The third kappa shape index (κ3) is 2.03. The number of carboxylic acid groups (broad SMARTS) is 1. The van der Waals surface area contributed by atoms with Gasteiger partial charge >= 0.3 is 5.97 Å². The molecule has 3 rings (SSSR count). The molecule has 1 atom stereocenters. The fourth-order valence-electron chi connectivity index (χ4n) is 2.70. The van der Waals surface area contributed by atoms with Crippen molar-refractivity contribution in [1.29, 1.82) is 0 Å². The Morgan fingerprint density at radius 1 is 1.42 bits per heavy atom. The maximum absolute atomic E-state index is 11.4. The molecule has 6 heteroatoms. The quantitative estimate of drug-likeness (QED) is 0.885. The zero-order valence-corrected chi connectivity index (χ0v) is 10.8. The molecule has 1 fully saturated rings. The standard InChI is InChI=1S/C13H16N4O2/c1-9-6-11-14-8-15-17(11)12(7-9)16-5-3-2-4-10(16)13(18)19/h6-8,10H,2-5H2,1H3,(H,18,19). The Morgan fingerprint density at radius 3 is 3.05 bits per heavy atom. The first-order valence-electron chi connectivity index (χ1n) is 6.46. The molecule has 0 spiro atoms. The first-order valence-corrected chi connectivity index (χ1v) is 6.46. The number of anilines is 1. The number of aryl methyl sites for hydroxylation is 1. The van der Waals surface area contributed by atoms with Gasteiger partial charge in [0.15, 0.2) is 5.65 Å². The monoisotopic (exact) mass is 260 g/mol. The third-order valence-corrected chi connectivity index (χ3v) is 3.59. The van der Waals surface area contributed by atoms with Crippen LogP contribution in [0.15, 0.2) is 18.5 Å². The van der Waals surface area contributed by atoms with E-state index in [4.69, 9.17) is 0 Å². The molecule has 2 aromatic heterocycles. The summed E-state index contributed by atoms with van der Waals surface area (Å²) in [6, 6.07) is 3.45. The number of piperidine rings is 1. The number of fused-ring (bicyclic) bond motifs is 1. The highest BCUT2D eigenvalue weighted by Crippen LogP contribution is 2.26. The number of rotatable bonds is 2. The van der Waals surface area contributed by atoms with E-state index < -0.39 is 12.0 Å². The van der Waals surface area contributed by atoms with E-state index in [-0.39, 0.29) is 0 Å². The van der Waals surface area contributed by atoms with Crippen LogP contribution in [0.25, 0.3) is 5.65 Å². The van der Waals surface area contributed by atoms with Crippen LogP contribution in [0.3, 0.4) is 0 Å². The van der Waals surface area contributed by atoms with Crippen molar-refractivity contribution in [3.8, 4) is 0 Å². The predicted molar refractivity (Wildman–Crippen MR) is 70.3 cm³/mol. The van der Waals surface area contributed by atoms with E-state index in [1.165, 1.54) is 6.33 Å². The molecule has 0 aromatic carbocycles. The number of pyridine rings is 1. The molecule has 1 aliphatic rings. The first-order chi connectivity index (χ1) is 9.16. The summed E-state index contributed by atoms with van der Waals surface area (Å²) >= 11 is 0. The van der Waals surface area contributed by atoms with E-state index >= 15 is 0 Å². The van der Waals surface area contributed by atoms with Crippen LogP contribution in [0.2, 0.25) is 0 Å². The lowest BCUT2D eigenvalue weighted by Crippen LogP contribution is -2.45. The Kier molecular flexibility index (Phi) is 2.85. The average Bonchev–Trinajstić information content (AvgIpc) is 2.85. The summed E-state index contributed by atoms with van der Waals surface area (Å²) in [5, 5.41) is 13.6. The lowest BCUT2D eigenvalue weighted by molar-refractivity contribution is -0.139. The van der Waals surface area contributed by atoms with Gasteiger partial charge in [0.1, 0.15) is 18.2 Å². The Hall–Kier alpha value is -2.11. The van der Waals surface area contributed by atoms with E-state index in [2.05, 4.69) is 10.1 Å². The second-order valence-electron chi connectivity index (χ2n) is 4.96. The molecular formula is C13H16N4O2. The number of nitrogens with zero attached hydrogens (tertiary/aromatic N) is 4. The van der Waals surface area contributed by atoms with Gasteiger partial charge in [-0.05, 0) is 43.9 Å². The predicted octanol–water partition coefficient (Wildman–Crippen LogP) is 1.48. The van der Waals surface area contributed by atoms with Crippen molar-refractivity contribution in [2.24, 2.45) is 0 Å². The van der Waals surface area contributed by atoms with Crippen LogP contribution in [0, 0.1) is 6.92 Å². The van der Waals surface area contributed by atoms with Crippen LogP contribution in [0.1, 0.15) is 24.8 Å². The molecule has 100 valence electrons. The van der Waals surface area contributed by atoms with Gasteiger partial charge in [0, 0.05) is 6.54 Å². The third-order valence-electron chi connectivity index (χ3n) is 3.59. The Labute approximate surface area is 110 Å². The number of hydrogen-bond donors (Lipinski definition) is 1. The van der Waals surface area contributed by atoms with E-state index in [1.54, 1.807) is 4.52 Å². The highest BCUT2D eigenvalue weighted by molar-refractivity contribution is 5.78. The SMILES string of the molecule is Cc1cc(N2CCCCC2C(=O)O)n2ncnc2c1. The summed E-state index contributed by atoms with van der Waals surface area (Å²) in [4.78, 5) is 17.5. The molecule has 0 aliphatic carbocycles. The number of hydrogen-bond acceptors (Lipinski definition) is 4. The van der Waals surface area contributed by atoms with Gasteiger partial charge in [-0.2, -0.15) is 9.61 Å². The first kappa shape index (κ1) is 12.0. The Bertz CT molecular complexity index is 622. The molecule has 0 radical (unpaired) electrons. The number of aliphatic carboxylic acids is 1. The lowest BCUT2D eigenvalue weighted by atomic mass is 10.0. The van der Waals surface area contributed by atoms with E-state index in [0.29, 0.717) is 6.42 Å². The minimum atomic E-state index is -0.769. The van der Waals surface area contributed by atoms with Gasteiger partial charge in [-0.1, -0.05) is 0 Å². The normalized spacial score (nSPS) is 19.8. The molecule has 0 bridgehead atoms. The van der Waals surface area contributed by atoms with Gasteiger partial charge in [-0.15, -0.1) is 0 Å². The van der Waals surface area contributed by atoms with E-state index in [1.807, 2.05) is 24.0 Å². The summed E-state index contributed by atoms with van der Waals surface area (Å²) in [6.07, 6.45) is 4.14. The van der Waals surface area contributed by atoms with Crippen molar-refractivity contribution in [1.82, 2.24) is 14.6 Å². The second kappa shape index (κ2) is 4.53. The van der Waals surface area contributed by atoms with E-state index in [0.717, 1.165) is 36.4 Å². The van der Waals surface area contributed by atoms with Gasteiger partial charge in [0.05, 0.1) is 0 Å². The summed E-state index contributed by atoms with van der Waals surface area (Å²) in [6.45, 7) is 2.73. The molecular weight excluding hydrogens is 244 g/mol. The van der Waals surface area contributed by atoms with Crippen molar-refractivity contribution >= 4 is 17.4 Å². The fraction of sp³-hybridized carbons (Fsp3) is 0.462. The van der Waals surface area contributed by atoms with Crippen molar-refractivity contribution in [3.63, 3.8) is 0 Å². The molecule has 0 saturated carbocycles. The summed E-state index contributed by atoms with van der Waals surface area (Å²) in [5.41, 5.74) is 1.81. The molecule has 1 N–H and O–H groups in total. The molecule has 6 nitrogen and oxygen atoms in total. The molecule has 19 heavy (non-hydrogen) atoms. The number of carbonyl (C=O) groups is 1. The van der Waals surface area contributed by atoms with Gasteiger partial charge in [0.25, 0.3) is 0 Å². The molecule has 1 unspecified atom stereocenters. The van der Waals surface area contributed by atoms with Gasteiger partial charge in [0.2, 0.25) is 0 Å². The van der Waals surface area contributed by atoms with Crippen LogP contribution in [-0.4, -0.2) is 38.3 Å². The van der Waals surface area contributed by atoms with Crippen molar-refractivity contribution in [3.05, 3.63) is 24.0 Å². The van der Waals surface area contributed by atoms with E-state index in [9.17, 15) is 9.90 Å². The Balaban J connectivity index is 2.11. The minimum absolute atomic E-state index is 0.469. The van der Waals surface area contributed by atoms with Crippen LogP contribution in [0.4, 0.5) is 5.82 Å². The molecule has 1 aliphatic heterocycles. The maximum atomic E-state index is 11.4. The van der Waals surface area contributed by atoms with Crippen molar-refractivity contribution in [2.75, 3.05) is 11.4 Å². The van der Waals surface area contributed by atoms with Crippen LogP contribution >= 0.6 is 0 Å².